The first-order valence-electron chi connectivity index (χ1n) is 8.52. The van der Waals surface area contributed by atoms with E-state index in [4.69, 9.17) is 20.6 Å². The topological polar surface area (TPSA) is 46.2 Å². The van der Waals surface area contributed by atoms with Gasteiger partial charge in [-0.2, -0.15) is 0 Å². The van der Waals surface area contributed by atoms with E-state index < -0.39 is 42.8 Å². The summed E-state index contributed by atoms with van der Waals surface area (Å²) in [6, 6.07) is 0. The van der Waals surface area contributed by atoms with Crippen LogP contribution in [-0.2, 0) is 20.6 Å². The Morgan fingerprint density at radius 1 is 0.565 bits per heavy atom. The van der Waals surface area contributed by atoms with E-state index in [9.17, 15) is 0 Å². The van der Waals surface area contributed by atoms with Crippen LogP contribution in [0.5, 0.6) is 0 Å². The highest BCUT2D eigenvalue weighted by atomic mass is 28.5. The van der Waals surface area contributed by atoms with Crippen LogP contribution >= 0.6 is 0 Å². The quantitative estimate of drug-likeness (QED) is 0.612. The van der Waals surface area contributed by atoms with Crippen molar-refractivity contribution in [2.75, 3.05) is 0 Å². The molecule has 138 valence electrons. The molecule has 1 aliphatic heterocycles. The van der Waals surface area contributed by atoms with Crippen molar-refractivity contribution in [3.63, 3.8) is 0 Å². The smallest absolute Gasteiger partial charge is 0.320 e. The fraction of sp³-hybridized carbons (Fsp3) is 1.00. The van der Waals surface area contributed by atoms with E-state index >= 15 is 0 Å². The van der Waals surface area contributed by atoms with Gasteiger partial charge in [0.1, 0.15) is 0 Å². The van der Waals surface area contributed by atoms with Crippen LogP contribution in [0.4, 0.5) is 0 Å². The largest absolute Gasteiger partial charge is 0.416 e. The van der Waals surface area contributed by atoms with Crippen LogP contribution in [0.15, 0.2) is 0 Å². The molecule has 1 saturated heterocycles. The molecule has 23 heavy (non-hydrogen) atoms. The zero-order chi connectivity index (χ0) is 18.3. The maximum atomic E-state index is 6.65. The molecule has 0 aromatic rings. The molecule has 1 fully saturated rings. The summed E-state index contributed by atoms with van der Waals surface area (Å²) in [7, 11) is -11.7. The summed E-state index contributed by atoms with van der Waals surface area (Å²) in [4.78, 5) is 0. The van der Waals surface area contributed by atoms with E-state index in [0.29, 0.717) is 5.54 Å². The van der Waals surface area contributed by atoms with E-state index in [1.165, 1.54) is 0 Å². The van der Waals surface area contributed by atoms with Crippen LogP contribution in [0, 0.1) is 0 Å². The summed E-state index contributed by atoms with van der Waals surface area (Å²) in [6.45, 7) is 23.5. The second kappa shape index (κ2) is 6.89. The molecule has 0 spiro atoms. The summed E-state index contributed by atoms with van der Waals surface area (Å²) >= 11 is 0. The van der Waals surface area contributed by atoms with Crippen molar-refractivity contribution >= 4 is 42.8 Å². The molecule has 0 radical (unpaired) electrons. The van der Waals surface area contributed by atoms with Crippen LogP contribution in [0.3, 0.4) is 0 Å². The van der Waals surface area contributed by atoms with E-state index in [1.807, 2.05) is 0 Å². The molecule has 0 saturated carbocycles. The van der Waals surface area contributed by atoms with E-state index in [1.54, 1.807) is 0 Å². The van der Waals surface area contributed by atoms with Crippen molar-refractivity contribution in [2.45, 2.75) is 84.7 Å². The first-order valence-corrected chi connectivity index (χ1v) is 22.2. The molecule has 10 heteroatoms. The van der Waals surface area contributed by atoms with Gasteiger partial charge in [-0.15, -0.1) is 0 Å². The maximum Gasteiger partial charge on any atom is 0.320 e. The predicted octanol–water partition coefficient (Wildman–Crippen LogP) is 4.76. The fourth-order valence-electron chi connectivity index (χ4n) is 3.43. The van der Waals surface area contributed by atoms with E-state index in [-0.39, 0.29) is 0 Å². The SMILES string of the molecule is CCC(C)[Si]1(C)O[Si](C)(C)O[Si](C)(C)O[Si](C)(C)O[Si](C)(C)O1. The minimum Gasteiger partial charge on any atom is -0.416 e. The molecule has 1 heterocycles. The molecule has 1 atom stereocenters. The lowest BCUT2D eigenvalue weighted by atomic mass is 10.4. The Morgan fingerprint density at radius 2 is 0.826 bits per heavy atom. The first kappa shape index (κ1) is 21.9. The monoisotopic (exact) mass is 412 g/mol. The minimum atomic E-state index is -2.41. The van der Waals surface area contributed by atoms with Gasteiger partial charge in [0.2, 0.25) is 0 Å². The van der Waals surface area contributed by atoms with Crippen molar-refractivity contribution < 1.29 is 20.6 Å². The van der Waals surface area contributed by atoms with Crippen LogP contribution in [-0.4, -0.2) is 42.8 Å². The Kier molecular flexibility index (Phi) is 6.57. The lowest BCUT2D eigenvalue weighted by molar-refractivity contribution is 0.230. The Labute approximate surface area is 148 Å². The molecule has 1 aliphatic rings. The molecule has 1 unspecified atom stereocenters. The van der Waals surface area contributed by atoms with E-state index in [2.05, 4.69) is 72.8 Å². The minimum absolute atomic E-state index is 0.392. The number of hydrogen-bond acceptors (Lipinski definition) is 5. The Hall–Kier alpha value is 0.884. The zero-order valence-electron chi connectivity index (χ0n) is 16.8. The lowest BCUT2D eigenvalue weighted by Gasteiger charge is -2.48. The Balaban J connectivity index is 3.30. The average molecular weight is 413 g/mol. The molecular weight excluding hydrogens is 377 g/mol. The van der Waals surface area contributed by atoms with Crippen LogP contribution in [0.1, 0.15) is 20.3 Å². The predicted molar refractivity (Wildman–Crippen MR) is 107 cm³/mol. The standard InChI is InChI=1S/C13H36O5Si5/c1-12-13(2)23(11)17-21(7,8)15-19(3,4)14-20(5,6)16-22(9,10)18-23/h13H,12H2,1-11H3. The second-order valence-electron chi connectivity index (χ2n) is 8.43. The Morgan fingerprint density at radius 3 is 1.09 bits per heavy atom. The van der Waals surface area contributed by atoms with Gasteiger partial charge in [0.25, 0.3) is 0 Å². The maximum absolute atomic E-state index is 6.65. The summed E-state index contributed by atoms with van der Waals surface area (Å²) in [6.07, 6.45) is 1.04. The van der Waals surface area contributed by atoms with Gasteiger partial charge in [-0.05, 0) is 64.5 Å². The van der Waals surface area contributed by atoms with Crippen molar-refractivity contribution in [2.24, 2.45) is 0 Å². The summed E-state index contributed by atoms with van der Waals surface area (Å²) < 4.78 is 32.6. The van der Waals surface area contributed by atoms with E-state index in [0.717, 1.165) is 6.42 Å². The molecule has 1 rings (SSSR count). The highest BCUT2D eigenvalue weighted by Crippen LogP contribution is 2.36. The average Bonchev–Trinajstić information content (AvgIpc) is 2.18. The van der Waals surface area contributed by atoms with Gasteiger partial charge < -0.3 is 20.6 Å². The Bertz CT molecular complexity index is 397. The normalized spacial score (nSPS) is 30.4. The van der Waals surface area contributed by atoms with Gasteiger partial charge in [-0.25, -0.2) is 0 Å². The van der Waals surface area contributed by atoms with Crippen molar-refractivity contribution in [1.29, 1.82) is 0 Å². The summed E-state index contributed by atoms with van der Waals surface area (Å²) in [5, 5.41) is 0. The molecule has 0 bridgehead atoms. The first-order chi connectivity index (χ1) is 10.0. The van der Waals surface area contributed by atoms with Crippen molar-refractivity contribution in [1.82, 2.24) is 0 Å². The highest BCUT2D eigenvalue weighted by molar-refractivity contribution is 6.93. The molecule has 0 aromatic carbocycles. The molecule has 0 amide bonds. The van der Waals surface area contributed by atoms with Gasteiger partial charge in [-0.1, -0.05) is 20.3 Å². The van der Waals surface area contributed by atoms with Crippen LogP contribution in [0.2, 0.25) is 64.5 Å². The van der Waals surface area contributed by atoms with Gasteiger partial charge >= 0.3 is 42.8 Å². The lowest BCUT2D eigenvalue weighted by Crippen LogP contribution is -2.65. The number of rotatable bonds is 2. The van der Waals surface area contributed by atoms with Crippen LogP contribution in [0.25, 0.3) is 0 Å². The third-order valence-electron chi connectivity index (χ3n) is 3.88. The molecule has 0 N–H and O–H groups in total. The molecular formula is C13H36O5Si5. The second-order valence-corrected chi connectivity index (χ2v) is 26.7. The van der Waals surface area contributed by atoms with Gasteiger partial charge in [0.05, 0.1) is 0 Å². The van der Waals surface area contributed by atoms with Gasteiger partial charge in [0.15, 0.2) is 0 Å². The van der Waals surface area contributed by atoms with Crippen LogP contribution < -0.4 is 0 Å². The fourth-order valence-corrected chi connectivity index (χ4v) is 30.5. The van der Waals surface area contributed by atoms with Crippen molar-refractivity contribution in [3.05, 3.63) is 0 Å². The third-order valence-corrected chi connectivity index (χ3v) is 25.1. The zero-order valence-corrected chi connectivity index (χ0v) is 21.8. The third kappa shape index (κ3) is 6.60. The van der Waals surface area contributed by atoms with Gasteiger partial charge in [-0.3, -0.25) is 0 Å². The molecule has 0 aliphatic carbocycles. The summed E-state index contributed by atoms with van der Waals surface area (Å²) in [5.74, 6) is 0. The molecule has 0 aromatic heterocycles. The highest BCUT2D eigenvalue weighted by Gasteiger charge is 2.53. The molecule has 5 nitrogen and oxygen atoms in total. The van der Waals surface area contributed by atoms with Crippen molar-refractivity contribution in [3.8, 4) is 0 Å². The number of hydrogen-bond donors (Lipinski definition) is 0. The van der Waals surface area contributed by atoms with Gasteiger partial charge in [0, 0.05) is 0 Å². The summed E-state index contributed by atoms with van der Waals surface area (Å²) in [5.41, 5.74) is 0.392.